The maximum absolute atomic E-state index is 5.84. The molecule has 1 aromatic heterocycles. The average molecular weight is 306 g/mol. The maximum atomic E-state index is 5.84. The van der Waals surface area contributed by atoms with Gasteiger partial charge in [-0.1, -0.05) is 24.3 Å². The number of hydrogen-bond donors (Lipinski definition) is 0. The Kier molecular flexibility index (Phi) is 3.42. The number of methoxy groups -OCH3 is 1. The predicted octanol–water partition coefficient (Wildman–Crippen LogP) is 4.01. The molecule has 0 aliphatic rings. The summed E-state index contributed by atoms with van der Waals surface area (Å²) in [5.74, 6) is 1.23. The highest BCUT2D eigenvalue weighted by Gasteiger charge is 2.12. The molecule has 0 saturated carbocycles. The molecule has 1 heterocycles. The highest BCUT2D eigenvalue weighted by Crippen LogP contribution is 2.33. The van der Waals surface area contributed by atoms with Gasteiger partial charge in [0.1, 0.15) is 5.75 Å². The third-order valence-corrected chi connectivity index (χ3v) is 3.26. The summed E-state index contributed by atoms with van der Waals surface area (Å²) in [6, 6.07) is 11.6. The van der Waals surface area contributed by atoms with E-state index in [1.165, 1.54) is 0 Å². The van der Waals surface area contributed by atoms with Gasteiger partial charge in [0.15, 0.2) is 5.82 Å². The Morgan fingerprint density at radius 2 is 1.50 bits per heavy atom. The van der Waals surface area contributed by atoms with Crippen LogP contribution in [0.15, 0.2) is 36.4 Å². The zero-order valence-corrected chi connectivity index (χ0v) is 12.0. The van der Waals surface area contributed by atoms with Gasteiger partial charge in [-0.25, -0.2) is 0 Å². The van der Waals surface area contributed by atoms with E-state index in [2.05, 4.69) is 15.0 Å². The molecule has 3 aromatic rings. The highest BCUT2D eigenvalue weighted by atomic mass is 35.5. The van der Waals surface area contributed by atoms with Crippen LogP contribution in [0.25, 0.3) is 22.2 Å². The minimum absolute atomic E-state index is 0.0694. The molecule has 0 amide bonds. The molecule has 0 bridgehead atoms. The predicted molar refractivity (Wildman–Crippen MR) is 79.3 cm³/mol. The Hall–Kier alpha value is -1.91. The van der Waals surface area contributed by atoms with Gasteiger partial charge in [0.25, 0.3) is 0 Å². The van der Waals surface area contributed by atoms with E-state index < -0.39 is 0 Å². The fourth-order valence-electron chi connectivity index (χ4n) is 2.09. The van der Waals surface area contributed by atoms with Crippen molar-refractivity contribution in [1.29, 1.82) is 0 Å². The van der Waals surface area contributed by atoms with E-state index in [9.17, 15) is 0 Å². The normalized spacial score (nSPS) is 10.8. The van der Waals surface area contributed by atoms with Crippen molar-refractivity contribution < 1.29 is 4.74 Å². The summed E-state index contributed by atoms with van der Waals surface area (Å²) in [4.78, 5) is 12.0. The van der Waals surface area contributed by atoms with Gasteiger partial charge in [-0.3, -0.25) is 0 Å². The van der Waals surface area contributed by atoms with Crippen LogP contribution in [0.5, 0.6) is 5.75 Å². The first kappa shape index (κ1) is 13.1. The number of ether oxygens (including phenoxy) is 1. The van der Waals surface area contributed by atoms with Crippen molar-refractivity contribution in [3.63, 3.8) is 0 Å². The maximum Gasteiger partial charge on any atom is 0.227 e. The fraction of sp³-hybridized carbons (Fsp3) is 0.0714. The summed E-state index contributed by atoms with van der Waals surface area (Å²) in [6.45, 7) is 0. The lowest BCUT2D eigenvalue weighted by atomic mass is 10.0. The van der Waals surface area contributed by atoms with Crippen LogP contribution in [0.2, 0.25) is 10.6 Å². The topological polar surface area (TPSA) is 47.9 Å². The molecular weight excluding hydrogens is 297 g/mol. The lowest BCUT2D eigenvalue weighted by molar-refractivity contribution is 0.420. The standard InChI is InChI=1S/C14H9Cl2N3O/c1-20-11-7-6-10(8-4-2-3-5-9(8)11)12-17-13(15)19-14(16)18-12/h2-7H,1H3. The van der Waals surface area contributed by atoms with Crippen LogP contribution in [0.1, 0.15) is 0 Å². The molecule has 6 heteroatoms. The van der Waals surface area contributed by atoms with E-state index in [4.69, 9.17) is 27.9 Å². The number of nitrogens with zero attached hydrogens (tertiary/aromatic N) is 3. The van der Waals surface area contributed by atoms with Crippen molar-refractivity contribution in [2.45, 2.75) is 0 Å². The zero-order chi connectivity index (χ0) is 14.1. The number of fused-ring (bicyclic) bond motifs is 1. The van der Waals surface area contributed by atoms with Crippen molar-refractivity contribution >= 4 is 34.0 Å². The third kappa shape index (κ3) is 2.28. The van der Waals surface area contributed by atoms with Crippen molar-refractivity contribution in [2.75, 3.05) is 7.11 Å². The van der Waals surface area contributed by atoms with E-state index in [1.807, 2.05) is 36.4 Å². The molecule has 0 fully saturated rings. The highest BCUT2D eigenvalue weighted by molar-refractivity contribution is 6.31. The summed E-state index contributed by atoms with van der Waals surface area (Å²) in [7, 11) is 1.64. The van der Waals surface area contributed by atoms with E-state index >= 15 is 0 Å². The van der Waals surface area contributed by atoms with Crippen LogP contribution >= 0.6 is 23.2 Å². The Balaban J connectivity index is 2.31. The molecule has 3 rings (SSSR count). The summed E-state index contributed by atoms with van der Waals surface area (Å²) < 4.78 is 5.36. The molecule has 20 heavy (non-hydrogen) atoms. The molecule has 100 valence electrons. The molecule has 0 aliphatic heterocycles. The molecule has 0 N–H and O–H groups in total. The summed E-state index contributed by atoms with van der Waals surface area (Å²) >= 11 is 11.7. The smallest absolute Gasteiger partial charge is 0.227 e. The first-order chi connectivity index (χ1) is 9.69. The van der Waals surface area contributed by atoms with Gasteiger partial charge < -0.3 is 4.74 Å². The monoisotopic (exact) mass is 305 g/mol. The van der Waals surface area contributed by atoms with Crippen LogP contribution < -0.4 is 4.74 Å². The van der Waals surface area contributed by atoms with Gasteiger partial charge in [-0.05, 0) is 40.7 Å². The van der Waals surface area contributed by atoms with Crippen LogP contribution in [0.4, 0.5) is 0 Å². The molecule has 0 atom stereocenters. The zero-order valence-electron chi connectivity index (χ0n) is 10.5. The largest absolute Gasteiger partial charge is 0.496 e. The van der Waals surface area contributed by atoms with E-state index in [-0.39, 0.29) is 10.6 Å². The van der Waals surface area contributed by atoms with Gasteiger partial charge in [0.2, 0.25) is 10.6 Å². The Bertz CT molecular complexity index is 772. The molecule has 0 radical (unpaired) electrons. The van der Waals surface area contributed by atoms with E-state index in [1.54, 1.807) is 7.11 Å². The average Bonchev–Trinajstić information content (AvgIpc) is 2.45. The SMILES string of the molecule is COc1ccc(-c2nc(Cl)nc(Cl)n2)c2ccccc12. The Morgan fingerprint density at radius 1 is 0.850 bits per heavy atom. The number of rotatable bonds is 2. The van der Waals surface area contributed by atoms with Crippen molar-refractivity contribution in [1.82, 2.24) is 15.0 Å². The molecule has 0 aliphatic carbocycles. The molecule has 2 aromatic carbocycles. The molecule has 4 nitrogen and oxygen atoms in total. The first-order valence-corrected chi connectivity index (χ1v) is 6.58. The second-order valence-electron chi connectivity index (χ2n) is 4.06. The summed E-state index contributed by atoms with van der Waals surface area (Å²) in [5, 5.41) is 2.07. The van der Waals surface area contributed by atoms with Crippen LogP contribution in [0, 0.1) is 0 Å². The summed E-state index contributed by atoms with van der Waals surface area (Å²) in [6.07, 6.45) is 0. The molecular formula is C14H9Cl2N3O. The Labute approximate surface area is 125 Å². The van der Waals surface area contributed by atoms with Gasteiger partial charge in [-0.15, -0.1) is 0 Å². The molecule has 0 unspecified atom stereocenters. The lowest BCUT2D eigenvalue weighted by Crippen LogP contribution is -1.95. The lowest BCUT2D eigenvalue weighted by Gasteiger charge is -2.09. The number of hydrogen-bond acceptors (Lipinski definition) is 4. The van der Waals surface area contributed by atoms with Gasteiger partial charge >= 0.3 is 0 Å². The van der Waals surface area contributed by atoms with Crippen molar-refractivity contribution in [3.05, 3.63) is 47.0 Å². The quantitative estimate of drug-likeness (QED) is 0.718. The summed E-state index contributed by atoms with van der Waals surface area (Å²) in [5.41, 5.74) is 0.826. The second-order valence-corrected chi connectivity index (χ2v) is 4.73. The van der Waals surface area contributed by atoms with E-state index in [0.717, 1.165) is 22.1 Å². The van der Waals surface area contributed by atoms with Crippen LogP contribution in [-0.4, -0.2) is 22.1 Å². The first-order valence-electron chi connectivity index (χ1n) is 5.82. The minimum Gasteiger partial charge on any atom is -0.496 e. The molecule has 0 spiro atoms. The van der Waals surface area contributed by atoms with E-state index in [0.29, 0.717) is 5.82 Å². The van der Waals surface area contributed by atoms with Gasteiger partial charge in [-0.2, -0.15) is 15.0 Å². The van der Waals surface area contributed by atoms with Crippen molar-refractivity contribution in [3.8, 4) is 17.1 Å². The van der Waals surface area contributed by atoms with Crippen molar-refractivity contribution in [2.24, 2.45) is 0 Å². The second kappa shape index (κ2) is 5.23. The minimum atomic E-state index is 0.0694. The fourth-order valence-corrected chi connectivity index (χ4v) is 2.45. The number of benzene rings is 2. The Morgan fingerprint density at radius 3 is 2.15 bits per heavy atom. The number of halogens is 2. The van der Waals surface area contributed by atoms with Crippen LogP contribution in [-0.2, 0) is 0 Å². The number of aromatic nitrogens is 3. The van der Waals surface area contributed by atoms with Crippen LogP contribution in [0.3, 0.4) is 0 Å². The molecule has 0 saturated heterocycles. The van der Waals surface area contributed by atoms with Gasteiger partial charge in [0, 0.05) is 10.9 Å². The third-order valence-electron chi connectivity index (χ3n) is 2.93. The van der Waals surface area contributed by atoms with Gasteiger partial charge in [0.05, 0.1) is 7.11 Å².